The van der Waals surface area contributed by atoms with E-state index in [0.29, 0.717) is 18.1 Å². The van der Waals surface area contributed by atoms with Gasteiger partial charge in [0.1, 0.15) is 0 Å². The zero-order chi connectivity index (χ0) is 12.0. The maximum atomic E-state index is 5.64. The van der Waals surface area contributed by atoms with Gasteiger partial charge in [-0.05, 0) is 32.7 Å². The van der Waals surface area contributed by atoms with Gasteiger partial charge in [-0.1, -0.05) is 26.2 Å². The number of hydrogen-bond donors (Lipinski definition) is 1. The van der Waals surface area contributed by atoms with Crippen molar-refractivity contribution >= 4 is 0 Å². The summed E-state index contributed by atoms with van der Waals surface area (Å²) in [5.41, 5.74) is 0. The Hall–Kier alpha value is -0.520. The maximum absolute atomic E-state index is 5.64. The van der Waals surface area contributed by atoms with Gasteiger partial charge in [0.25, 0.3) is 0 Å². The molecule has 0 aliphatic carbocycles. The Bertz CT molecular complexity index is 231. The van der Waals surface area contributed by atoms with E-state index in [-0.39, 0.29) is 0 Å². The molecule has 0 aromatic carbocycles. The number of terminal acetylenes is 1. The molecule has 0 aromatic rings. The summed E-state index contributed by atoms with van der Waals surface area (Å²) in [7, 11) is 0. The van der Waals surface area contributed by atoms with Crippen LogP contribution in [0.15, 0.2) is 0 Å². The van der Waals surface area contributed by atoms with E-state index in [1.165, 1.54) is 19.3 Å². The minimum absolute atomic E-state index is 0.350. The molecule has 1 saturated heterocycles. The predicted molar refractivity (Wildman–Crippen MR) is 70.4 cm³/mol. The average molecular weight is 222 g/mol. The molecule has 16 heavy (non-hydrogen) atoms. The number of nitrogens with one attached hydrogen (secondary N) is 1. The zero-order valence-corrected chi connectivity index (χ0v) is 11.0. The molecule has 2 heteroatoms. The molecule has 0 spiro atoms. The molecular formula is C14H26N2. The van der Waals surface area contributed by atoms with E-state index >= 15 is 0 Å². The first kappa shape index (κ1) is 13.5. The third-order valence-corrected chi connectivity index (χ3v) is 3.58. The van der Waals surface area contributed by atoms with Crippen molar-refractivity contribution in [3.63, 3.8) is 0 Å². The van der Waals surface area contributed by atoms with Crippen LogP contribution < -0.4 is 5.32 Å². The molecule has 92 valence electrons. The van der Waals surface area contributed by atoms with E-state index in [4.69, 9.17) is 6.42 Å². The molecule has 0 bridgehead atoms. The maximum Gasteiger partial charge on any atom is 0.0714 e. The van der Waals surface area contributed by atoms with Gasteiger partial charge >= 0.3 is 0 Å². The van der Waals surface area contributed by atoms with Gasteiger partial charge < -0.3 is 5.32 Å². The normalized spacial score (nSPS) is 28.6. The lowest BCUT2D eigenvalue weighted by molar-refractivity contribution is 0.108. The van der Waals surface area contributed by atoms with Crippen molar-refractivity contribution < 1.29 is 0 Å². The molecule has 1 heterocycles. The second kappa shape index (κ2) is 6.93. The number of rotatable bonds is 5. The summed E-state index contributed by atoms with van der Waals surface area (Å²) in [6.45, 7) is 8.92. The van der Waals surface area contributed by atoms with Crippen LogP contribution in [0.5, 0.6) is 0 Å². The van der Waals surface area contributed by atoms with Crippen LogP contribution in [0.25, 0.3) is 0 Å². The Kier molecular flexibility index (Phi) is 5.87. The summed E-state index contributed by atoms with van der Waals surface area (Å²) in [4.78, 5) is 2.51. The minimum atomic E-state index is 0.350. The first-order chi connectivity index (χ1) is 7.72. The van der Waals surface area contributed by atoms with Gasteiger partial charge in [-0.3, -0.25) is 4.90 Å². The van der Waals surface area contributed by atoms with E-state index in [0.717, 1.165) is 19.5 Å². The smallest absolute Gasteiger partial charge is 0.0714 e. The van der Waals surface area contributed by atoms with Crippen LogP contribution in [0.4, 0.5) is 0 Å². The molecule has 1 N–H and O–H groups in total. The highest BCUT2D eigenvalue weighted by molar-refractivity contribution is 5.02. The molecule has 3 atom stereocenters. The van der Waals surface area contributed by atoms with Crippen LogP contribution in [-0.4, -0.2) is 36.1 Å². The highest BCUT2D eigenvalue weighted by atomic mass is 15.2. The monoisotopic (exact) mass is 222 g/mol. The summed E-state index contributed by atoms with van der Waals surface area (Å²) < 4.78 is 0. The summed E-state index contributed by atoms with van der Waals surface area (Å²) in [6.07, 6.45) is 10.4. The van der Waals surface area contributed by atoms with Crippen LogP contribution in [0.3, 0.4) is 0 Å². The largest absolute Gasteiger partial charge is 0.314 e. The fourth-order valence-corrected chi connectivity index (χ4v) is 2.75. The Labute approximate surface area is 101 Å². The van der Waals surface area contributed by atoms with Crippen molar-refractivity contribution in [2.45, 2.75) is 64.6 Å². The Morgan fingerprint density at radius 1 is 1.50 bits per heavy atom. The molecule has 1 aliphatic heterocycles. The molecule has 0 saturated carbocycles. The minimum Gasteiger partial charge on any atom is -0.314 e. The number of hydrogen-bond acceptors (Lipinski definition) is 2. The fourth-order valence-electron chi connectivity index (χ4n) is 2.75. The van der Waals surface area contributed by atoms with Crippen LogP contribution in [-0.2, 0) is 0 Å². The van der Waals surface area contributed by atoms with Crippen LogP contribution in [0.2, 0.25) is 0 Å². The first-order valence-corrected chi connectivity index (χ1v) is 6.68. The van der Waals surface area contributed by atoms with Crippen molar-refractivity contribution in [2.24, 2.45) is 0 Å². The highest BCUT2D eigenvalue weighted by Crippen LogP contribution is 2.21. The summed E-state index contributed by atoms with van der Waals surface area (Å²) in [6, 6.07) is 1.66. The third-order valence-electron chi connectivity index (χ3n) is 3.58. The number of likely N-dealkylation sites (tertiary alicyclic amines) is 1. The van der Waals surface area contributed by atoms with Gasteiger partial charge in [0.2, 0.25) is 0 Å². The topological polar surface area (TPSA) is 15.3 Å². The molecule has 1 aliphatic rings. The van der Waals surface area contributed by atoms with Crippen LogP contribution in [0, 0.1) is 12.3 Å². The van der Waals surface area contributed by atoms with E-state index < -0.39 is 0 Å². The highest BCUT2D eigenvalue weighted by Gasteiger charge is 2.28. The average Bonchev–Trinajstić information content (AvgIpc) is 2.27. The van der Waals surface area contributed by atoms with Crippen LogP contribution in [0.1, 0.15) is 46.5 Å². The summed E-state index contributed by atoms with van der Waals surface area (Å²) in [5, 5.41) is 3.55. The third kappa shape index (κ3) is 3.50. The second-order valence-corrected chi connectivity index (χ2v) is 4.84. The van der Waals surface area contributed by atoms with Crippen molar-refractivity contribution in [1.82, 2.24) is 10.2 Å². The van der Waals surface area contributed by atoms with Gasteiger partial charge in [0.15, 0.2) is 0 Å². The van der Waals surface area contributed by atoms with Gasteiger partial charge in [-0.2, -0.15) is 0 Å². The van der Waals surface area contributed by atoms with Gasteiger partial charge in [0, 0.05) is 18.6 Å². The first-order valence-electron chi connectivity index (χ1n) is 6.68. The molecule has 1 rings (SSSR count). The quantitative estimate of drug-likeness (QED) is 0.718. The van der Waals surface area contributed by atoms with Crippen molar-refractivity contribution in [3.8, 4) is 12.3 Å². The summed E-state index contributed by atoms with van der Waals surface area (Å²) in [5.74, 6) is 2.96. The molecule has 0 radical (unpaired) electrons. The van der Waals surface area contributed by atoms with Gasteiger partial charge in [0.05, 0.1) is 6.04 Å². The van der Waals surface area contributed by atoms with E-state index in [1.807, 2.05) is 0 Å². The molecule has 0 amide bonds. The van der Waals surface area contributed by atoms with E-state index in [9.17, 15) is 0 Å². The standard InChI is InChI=1S/C14H26N2/c1-5-8-14(6-2)16-10-9-13(15-7-3)11-12(16)4/h2,12-15H,5,7-11H2,1,3-4H3. The Morgan fingerprint density at radius 2 is 2.25 bits per heavy atom. The lowest BCUT2D eigenvalue weighted by atomic mass is 9.95. The van der Waals surface area contributed by atoms with Gasteiger partial charge in [-0.15, -0.1) is 6.42 Å². The molecule has 3 unspecified atom stereocenters. The van der Waals surface area contributed by atoms with Gasteiger partial charge in [-0.25, -0.2) is 0 Å². The summed E-state index contributed by atoms with van der Waals surface area (Å²) >= 11 is 0. The number of piperidine rings is 1. The lowest BCUT2D eigenvalue weighted by Crippen LogP contribution is -2.51. The van der Waals surface area contributed by atoms with Crippen molar-refractivity contribution in [1.29, 1.82) is 0 Å². The van der Waals surface area contributed by atoms with E-state index in [1.54, 1.807) is 0 Å². The Morgan fingerprint density at radius 3 is 2.75 bits per heavy atom. The molecular weight excluding hydrogens is 196 g/mol. The predicted octanol–water partition coefficient (Wildman–Crippen LogP) is 2.25. The van der Waals surface area contributed by atoms with Crippen molar-refractivity contribution in [3.05, 3.63) is 0 Å². The number of nitrogens with zero attached hydrogens (tertiary/aromatic N) is 1. The zero-order valence-electron chi connectivity index (χ0n) is 11.0. The lowest BCUT2D eigenvalue weighted by Gasteiger charge is -2.41. The SMILES string of the molecule is C#CC(CCC)N1CCC(NCC)CC1C. The molecule has 0 aromatic heterocycles. The van der Waals surface area contributed by atoms with Crippen LogP contribution >= 0.6 is 0 Å². The Balaban J connectivity index is 2.49. The molecule has 1 fully saturated rings. The van der Waals surface area contributed by atoms with E-state index in [2.05, 4.69) is 36.9 Å². The van der Waals surface area contributed by atoms with Crippen molar-refractivity contribution in [2.75, 3.05) is 13.1 Å². The molecule has 2 nitrogen and oxygen atoms in total. The second-order valence-electron chi connectivity index (χ2n) is 4.84. The fraction of sp³-hybridized carbons (Fsp3) is 0.857.